The van der Waals surface area contributed by atoms with Gasteiger partial charge < -0.3 is 23.5 Å². The minimum atomic E-state index is -2.32. The van der Waals surface area contributed by atoms with E-state index in [0.29, 0.717) is 0 Å². The number of carbonyl (C=O) groups excluding carboxylic acids is 3. The molecule has 1 heterocycles. The molecular formula is C18H29NO8Si. The summed E-state index contributed by atoms with van der Waals surface area (Å²) in [7, 11) is 0.0846. The number of methoxy groups -OCH3 is 2. The lowest BCUT2D eigenvalue weighted by Gasteiger charge is -2.56. The van der Waals surface area contributed by atoms with Crippen molar-refractivity contribution in [1.29, 1.82) is 0 Å². The lowest BCUT2D eigenvalue weighted by atomic mass is 9.75. The molecule has 2 rings (SSSR count). The van der Waals surface area contributed by atoms with Crippen molar-refractivity contribution < 1.29 is 37.9 Å². The summed E-state index contributed by atoms with van der Waals surface area (Å²) in [5.41, 5.74) is -0.962. The van der Waals surface area contributed by atoms with Crippen LogP contribution in [0.25, 0.3) is 0 Å². The number of ether oxygens (including phenoxy) is 4. The number of amides is 1. The van der Waals surface area contributed by atoms with E-state index >= 15 is 0 Å². The van der Waals surface area contributed by atoms with Gasteiger partial charge in [-0.05, 0) is 24.2 Å². The number of β-lactam (4-membered cyclic amide) rings is 1. The molecule has 2 aliphatic rings. The third-order valence-electron chi connectivity index (χ3n) is 5.59. The van der Waals surface area contributed by atoms with Crippen LogP contribution in [0.15, 0.2) is 12.2 Å². The number of nitrogens with zero attached hydrogens (tertiary/aromatic N) is 1. The Morgan fingerprint density at radius 2 is 1.71 bits per heavy atom. The molecule has 1 saturated heterocycles. The Morgan fingerprint density at radius 1 is 1.14 bits per heavy atom. The van der Waals surface area contributed by atoms with Gasteiger partial charge in [0.15, 0.2) is 0 Å². The molecule has 0 N–H and O–H groups in total. The van der Waals surface area contributed by atoms with E-state index in [1.807, 2.05) is 13.1 Å². The number of hydrogen-bond acceptors (Lipinski definition) is 8. The first-order chi connectivity index (χ1) is 12.9. The SMILES string of the molecule is COC(=O)OC1C=CC2(CC(=O)N2O[Si](C)(C)C(C)(C)C)C(OC(=O)OC)C1. The second kappa shape index (κ2) is 7.74. The molecule has 1 fully saturated rings. The zero-order chi connectivity index (χ0) is 21.3. The molecule has 28 heavy (non-hydrogen) atoms. The van der Waals surface area contributed by atoms with E-state index in [2.05, 4.69) is 30.2 Å². The van der Waals surface area contributed by atoms with Crippen LogP contribution in [-0.4, -0.2) is 63.6 Å². The van der Waals surface area contributed by atoms with Crippen LogP contribution in [0.2, 0.25) is 18.1 Å². The Hall–Kier alpha value is -2.07. The molecule has 158 valence electrons. The molecule has 0 bridgehead atoms. The number of rotatable bonds is 4. The third kappa shape index (κ3) is 4.17. The summed E-state index contributed by atoms with van der Waals surface area (Å²) in [5.74, 6) is -0.194. The topological polar surface area (TPSA) is 101 Å². The van der Waals surface area contributed by atoms with E-state index < -0.39 is 38.4 Å². The van der Waals surface area contributed by atoms with Crippen molar-refractivity contribution in [1.82, 2.24) is 5.06 Å². The highest BCUT2D eigenvalue weighted by Gasteiger charge is 2.61. The van der Waals surface area contributed by atoms with Gasteiger partial charge in [0.25, 0.3) is 0 Å². The van der Waals surface area contributed by atoms with Crippen molar-refractivity contribution in [2.24, 2.45) is 0 Å². The fourth-order valence-corrected chi connectivity index (χ4v) is 3.85. The smallest absolute Gasteiger partial charge is 0.438 e. The van der Waals surface area contributed by atoms with Crippen LogP contribution < -0.4 is 0 Å². The second-order valence-corrected chi connectivity index (χ2v) is 13.2. The van der Waals surface area contributed by atoms with Crippen LogP contribution in [0.5, 0.6) is 0 Å². The summed E-state index contributed by atoms with van der Waals surface area (Å²) in [6, 6.07) is 0. The van der Waals surface area contributed by atoms with E-state index in [0.717, 1.165) is 0 Å². The number of carbonyl (C=O) groups is 3. The van der Waals surface area contributed by atoms with E-state index in [4.69, 9.17) is 14.0 Å². The first-order valence-electron chi connectivity index (χ1n) is 9.07. The highest BCUT2D eigenvalue weighted by molar-refractivity contribution is 6.74. The molecule has 0 aromatic carbocycles. The summed E-state index contributed by atoms with van der Waals surface area (Å²) in [6.45, 7) is 10.2. The first-order valence-corrected chi connectivity index (χ1v) is 12.0. The van der Waals surface area contributed by atoms with Gasteiger partial charge in [-0.25, -0.2) is 14.7 Å². The van der Waals surface area contributed by atoms with Crippen molar-refractivity contribution in [3.05, 3.63) is 12.2 Å². The maximum atomic E-state index is 12.4. The number of hydrogen-bond donors (Lipinski definition) is 0. The molecule has 0 aromatic heterocycles. The van der Waals surface area contributed by atoms with Crippen LogP contribution in [-0.2, 0) is 28.3 Å². The van der Waals surface area contributed by atoms with Crippen LogP contribution in [0.4, 0.5) is 9.59 Å². The van der Waals surface area contributed by atoms with Crippen molar-refractivity contribution in [2.75, 3.05) is 14.2 Å². The summed E-state index contributed by atoms with van der Waals surface area (Å²) < 4.78 is 25.9. The maximum Gasteiger partial charge on any atom is 0.508 e. The summed E-state index contributed by atoms with van der Waals surface area (Å²) in [4.78, 5) is 35.6. The zero-order valence-corrected chi connectivity index (χ0v) is 18.4. The largest absolute Gasteiger partial charge is 0.508 e. The molecule has 1 spiro atoms. The minimum Gasteiger partial charge on any atom is -0.438 e. The molecule has 1 aliphatic carbocycles. The molecule has 1 aliphatic heterocycles. The normalized spacial score (nSPS) is 27.2. The van der Waals surface area contributed by atoms with Crippen molar-refractivity contribution in [2.45, 2.75) is 69.5 Å². The van der Waals surface area contributed by atoms with Crippen LogP contribution in [0.1, 0.15) is 33.6 Å². The quantitative estimate of drug-likeness (QED) is 0.299. The Kier molecular flexibility index (Phi) is 6.15. The second-order valence-electron chi connectivity index (χ2n) is 8.47. The number of hydroxylamine groups is 2. The highest BCUT2D eigenvalue weighted by Crippen LogP contribution is 2.47. The predicted molar refractivity (Wildman–Crippen MR) is 101 cm³/mol. The summed E-state index contributed by atoms with van der Waals surface area (Å²) >= 11 is 0. The molecular weight excluding hydrogens is 386 g/mol. The molecule has 1 amide bonds. The van der Waals surface area contributed by atoms with E-state index in [1.165, 1.54) is 19.3 Å². The molecule has 0 saturated carbocycles. The lowest BCUT2D eigenvalue weighted by Crippen LogP contribution is -2.72. The minimum absolute atomic E-state index is 0.116. The average molecular weight is 416 g/mol. The zero-order valence-electron chi connectivity index (χ0n) is 17.4. The average Bonchev–Trinajstić information content (AvgIpc) is 2.60. The van der Waals surface area contributed by atoms with Crippen molar-refractivity contribution in [3.8, 4) is 0 Å². The van der Waals surface area contributed by atoms with Gasteiger partial charge in [-0.15, -0.1) is 0 Å². The van der Waals surface area contributed by atoms with Gasteiger partial charge in [-0.1, -0.05) is 26.8 Å². The Bertz CT molecular complexity index is 671. The lowest BCUT2D eigenvalue weighted by molar-refractivity contribution is -0.233. The van der Waals surface area contributed by atoms with Gasteiger partial charge in [0.05, 0.1) is 20.6 Å². The van der Waals surface area contributed by atoms with Gasteiger partial charge in [0, 0.05) is 6.42 Å². The Balaban J connectivity index is 2.31. The van der Waals surface area contributed by atoms with Crippen molar-refractivity contribution >= 4 is 26.5 Å². The Labute approximate surface area is 166 Å². The molecule has 9 nitrogen and oxygen atoms in total. The fraction of sp³-hybridized carbons (Fsp3) is 0.722. The molecule has 0 aromatic rings. The van der Waals surface area contributed by atoms with Gasteiger partial charge in [0.1, 0.15) is 17.7 Å². The van der Waals surface area contributed by atoms with Crippen LogP contribution in [0, 0.1) is 0 Å². The standard InChI is InChI=1S/C18H29NO8Si/c1-17(2,3)28(6,7)27-19-14(20)11-18(19)9-8-12(25-15(21)23-4)10-13(18)26-16(22)24-5/h8-9,12-13H,10-11H2,1-7H3. The van der Waals surface area contributed by atoms with Gasteiger partial charge in [-0.3, -0.25) is 4.79 Å². The van der Waals surface area contributed by atoms with E-state index in [-0.39, 0.29) is 23.8 Å². The van der Waals surface area contributed by atoms with Crippen LogP contribution >= 0.6 is 0 Å². The maximum absolute atomic E-state index is 12.4. The monoisotopic (exact) mass is 415 g/mol. The van der Waals surface area contributed by atoms with E-state index in [1.54, 1.807) is 12.2 Å². The van der Waals surface area contributed by atoms with Gasteiger partial charge in [-0.2, -0.15) is 0 Å². The molecule has 3 atom stereocenters. The highest BCUT2D eigenvalue weighted by atomic mass is 28.4. The predicted octanol–water partition coefficient (Wildman–Crippen LogP) is 3.16. The molecule has 0 radical (unpaired) electrons. The summed E-state index contributed by atoms with van der Waals surface area (Å²) in [5, 5.41) is 1.20. The first kappa shape index (κ1) is 22.2. The van der Waals surface area contributed by atoms with Gasteiger partial charge >= 0.3 is 12.3 Å². The van der Waals surface area contributed by atoms with Gasteiger partial charge in [0.2, 0.25) is 14.2 Å². The molecule has 3 unspecified atom stereocenters. The third-order valence-corrected chi connectivity index (χ3v) is 9.84. The Morgan fingerprint density at radius 3 is 2.21 bits per heavy atom. The molecule has 10 heteroatoms. The van der Waals surface area contributed by atoms with Crippen molar-refractivity contribution in [3.63, 3.8) is 0 Å². The fourth-order valence-electron chi connectivity index (χ4n) is 2.85. The summed E-state index contributed by atoms with van der Waals surface area (Å²) in [6.07, 6.45) is 0.412. The van der Waals surface area contributed by atoms with E-state index in [9.17, 15) is 14.4 Å². The van der Waals surface area contributed by atoms with Crippen LogP contribution in [0.3, 0.4) is 0 Å².